The van der Waals surface area contributed by atoms with E-state index in [0.29, 0.717) is 0 Å². The molecule has 2 heterocycles. The Labute approximate surface area is 132 Å². The Morgan fingerprint density at radius 2 is 1.86 bits per heavy atom. The summed E-state index contributed by atoms with van der Waals surface area (Å²) in [6.07, 6.45) is 1.97. The van der Waals surface area contributed by atoms with Gasteiger partial charge in [-0.15, -0.1) is 10.2 Å². The van der Waals surface area contributed by atoms with E-state index in [9.17, 15) is 0 Å². The van der Waals surface area contributed by atoms with Crippen LogP contribution in [0.4, 0.5) is 5.69 Å². The second kappa shape index (κ2) is 7.00. The number of rotatable bonds is 5. The summed E-state index contributed by atoms with van der Waals surface area (Å²) in [5, 5.41) is 14.0. The van der Waals surface area contributed by atoms with Crippen LogP contribution in [0.2, 0.25) is 0 Å². The number of H-pyrrole nitrogens is 1. The monoisotopic (exact) mass is 350 g/mol. The van der Waals surface area contributed by atoms with Crippen molar-refractivity contribution in [3.8, 4) is 0 Å². The number of nitrogens with one attached hydrogen (secondary N) is 1. The number of hydrogen-bond donors (Lipinski definition) is 1. The van der Waals surface area contributed by atoms with E-state index < -0.39 is 0 Å². The lowest BCUT2D eigenvalue weighted by Gasteiger charge is -2.36. The summed E-state index contributed by atoms with van der Waals surface area (Å²) in [4.78, 5) is 4.96. The van der Waals surface area contributed by atoms with E-state index >= 15 is 0 Å². The number of aryl methyl sites for hydroxylation is 1. The van der Waals surface area contributed by atoms with Crippen molar-refractivity contribution in [3.63, 3.8) is 0 Å². The quantitative estimate of drug-likeness (QED) is 0.889. The lowest BCUT2D eigenvalue weighted by Crippen LogP contribution is -2.46. The Morgan fingerprint density at radius 3 is 2.52 bits per heavy atom. The normalized spacial score (nSPS) is 16.3. The number of aromatic nitrogens is 4. The number of piperazine rings is 1. The van der Waals surface area contributed by atoms with Crippen LogP contribution in [0.15, 0.2) is 28.7 Å². The molecule has 0 unspecified atom stereocenters. The van der Waals surface area contributed by atoms with Crippen molar-refractivity contribution in [2.75, 3.05) is 37.6 Å². The van der Waals surface area contributed by atoms with Crippen molar-refractivity contribution in [3.05, 3.63) is 34.6 Å². The number of benzene rings is 1. The summed E-state index contributed by atoms with van der Waals surface area (Å²) in [6.45, 7) is 5.50. The van der Waals surface area contributed by atoms with Crippen molar-refractivity contribution in [1.29, 1.82) is 0 Å². The maximum Gasteiger partial charge on any atom is 0.174 e. The first-order valence-corrected chi connectivity index (χ1v) is 8.06. The predicted molar refractivity (Wildman–Crippen MR) is 85.3 cm³/mol. The zero-order valence-electron chi connectivity index (χ0n) is 11.9. The molecule has 112 valence electrons. The summed E-state index contributed by atoms with van der Waals surface area (Å²) in [7, 11) is 0. The van der Waals surface area contributed by atoms with Gasteiger partial charge in [-0.3, -0.25) is 4.90 Å². The van der Waals surface area contributed by atoms with Crippen LogP contribution in [-0.2, 0) is 6.42 Å². The minimum Gasteiger partial charge on any atom is -0.369 e. The largest absolute Gasteiger partial charge is 0.369 e. The molecule has 21 heavy (non-hydrogen) atoms. The average Bonchev–Trinajstić information content (AvgIpc) is 3.02. The Kier molecular flexibility index (Phi) is 4.82. The number of halogens is 1. The molecule has 1 saturated heterocycles. The average molecular weight is 351 g/mol. The summed E-state index contributed by atoms with van der Waals surface area (Å²) < 4.78 is 1.13. The van der Waals surface area contributed by atoms with Crippen LogP contribution in [0.25, 0.3) is 0 Å². The van der Waals surface area contributed by atoms with Crippen molar-refractivity contribution in [2.24, 2.45) is 0 Å². The van der Waals surface area contributed by atoms with E-state index in [-0.39, 0.29) is 0 Å². The fourth-order valence-electron chi connectivity index (χ4n) is 2.63. The zero-order valence-corrected chi connectivity index (χ0v) is 13.5. The van der Waals surface area contributed by atoms with E-state index in [1.165, 1.54) is 5.69 Å². The van der Waals surface area contributed by atoms with Crippen LogP contribution in [0, 0.1) is 0 Å². The number of tetrazole rings is 1. The number of anilines is 1. The fourth-order valence-corrected chi connectivity index (χ4v) is 2.90. The first-order chi connectivity index (χ1) is 10.3. The molecule has 1 aromatic carbocycles. The standard InChI is InChI=1S/C14H19BrN6/c15-12-3-5-13(6-4-12)21-10-8-20(9-11-21)7-1-2-14-16-18-19-17-14/h3-6H,1-2,7-11H2,(H,16,17,18,19). The molecular formula is C14H19BrN6. The molecule has 6 nitrogen and oxygen atoms in total. The Bertz CT molecular complexity index is 533. The van der Waals surface area contributed by atoms with E-state index in [4.69, 9.17) is 0 Å². The van der Waals surface area contributed by atoms with Crippen LogP contribution in [0.5, 0.6) is 0 Å². The van der Waals surface area contributed by atoms with Gasteiger partial charge in [0.2, 0.25) is 0 Å². The minimum absolute atomic E-state index is 0.809. The molecular weight excluding hydrogens is 332 g/mol. The highest BCUT2D eigenvalue weighted by Crippen LogP contribution is 2.19. The molecule has 0 amide bonds. The van der Waals surface area contributed by atoms with Crippen molar-refractivity contribution >= 4 is 21.6 Å². The van der Waals surface area contributed by atoms with E-state index in [1.807, 2.05) is 0 Å². The molecule has 2 aromatic rings. The summed E-state index contributed by atoms with van der Waals surface area (Å²) in [6, 6.07) is 8.56. The topological polar surface area (TPSA) is 60.9 Å². The smallest absolute Gasteiger partial charge is 0.174 e. The molecule has 0 aliphatic carbocycles. The first-order valence-electron chi connectivity index (χ1n) is 7.26. The van der Waals surface area contributed by atoms with Crippen LogP contribution in [-0.4, -0.2) is 58.2 Å². The summed E-state index contributed by atoms with van der Waals surface area (Å²) in [5.41, 5.74) is 1.31. The molecule has 0 spiro atoms. The maximum absolute atomic E-state index is 3.98. The van der Waals surface area contributed by atoms with Crippen LogP contribution < -0.4 is 4.90 Å². The highest BCUT2D eigenvalue weighted by molar-refractivity contribution is 9.10. The van der Waals surface area contributed by atoms with Gasteiger partial charge in [0.25, 0.3) is 0 Å². The second-order valence-corrected chi connectivity index (χ2v) is 6.15. The second-order valence-electron chi connectivity index (χ2n) is 5.24. The number of aromatic amines is 1. The van der Waals surface area contributed by atoms with Gasteiger partial charge in [0, 0.05) is 42.8 Å². The molecule has 1 aromatic heterocycles. The molecule has 1 aliphatic heterocycles. The maximum atomic E-state index is 3.98. The van der Waals surface area contributed by atoms with Gasteiger partial charge in [-0.1, -0.05) is 21.1 Å². The minimum atomic E-state index is 0.809. The van der Waals surface area contributed by atoms with Gasteiger partial charge >= 0.3 is 0 Å². The summed E-state index contributed by atoms with van der Waals surface area (Å²) >= 11 is 3.48. The van der Waals surface area contributed by atoms with Gasteiger partial charge in [-0.25, -0.2) is 0 Å². The molecule has 0 radical (unpaired) electrons. The summed E-state index contributed by atoms with van der Waals surface area (Å²) in [5.74, 6) is 0.809. The van der Waals surface area contributed by atoms with Crippen LogP contribution in [0.3, 0.4) is 0 Å². The lowest BCUT2D eigenvalue weighted by atomic mass is 10.2. The molecule has 0 atom stereocenters. The van der Waals surface area contributed by atoms with Gasteiger partial charge in [0.05, 0.1) is 0 Å². The third-order valence-electron chi connectivity index (χ3n) is 3.83. The molecule has 1 N–H and O–H groups in total. The van der Waals surface area contributed by atoms with Gasteiger partial charge in [-0.05, 0) is 37.2 Å². The Morgan fingerprint density at radius 1 is 1.10 bits per heavy atom. The van der Waals surface area contributed by atoms with Crippen molar-refractivity contribution in [1.82, 2.24) is 25.5 Å². The predicted octanol–water partition coefficient (Wildman–Crippen LogP) is 1.72. The zero-order chi connectivity index (χ0) is 14.5. The molecule has 0 saturated carbocycles. The Balaban J connectivity index is 1.41. The highest BCUT2D eigenvalue weighted by atomic mass is 79.9. The third kappa shape index (κ3) is 4.01. The fraction of sp³-hybridized carbons (Fsp3) is 0.500. The van der Waals surface area contributed by atoms with E-state index in [0.717, 1.165) is 55.9 Å². The van der Waals surface area contributed by atoms with E-state index in [1.54, 1.807) is 0 Å². The van der Waals surface area contributed by atoms with Crippen LogP contribution >= 0.6 is 15.9 Å². The van der Waals surface area contributed by atoms with Gasteiger partial charge < -0.3 is 4.90 Å². The van der Waals surface area contributed by atoms with Gasteiger partial charge in [0.1, 0.15) is 0 Å². The highest BCUT2D eigenvalue weighted by Gasteiger charge is 2.16. The van der Waals surface area contributed by atoms with Crippen molar-refractivity contribution < 1.29 is 0 Å². The van der Waals surface area contributed by atoms with Crippen molar-refractivity contribution in [2.45, 2.75) is 12.8 Å². The Hall–Kier alpha value is -1.47. The first kappa shape index (κ1) is 14.5. The molecule has 3 rings (SSSR count). The molecule has 0 bridgehead atoms. The van der Waals surface area contributed by atoms with Gasteiger partial charge in [-0.2, -0.15) is 5.21 Å². The lowest BCUT2D eigenvalue weighted by molar-refractivity contribution is 0.254. The molecule has 1 fully saturated rings. The van der Waals surface area contributed by atoms with E-state index in [2.05, 4.69) is 70.6 Å². The molecule has 7 heteroatoms. The molecule has 1 aliphatic rings. The number of hydrogen-bond acceptors (Lipinski definition) is 5. The third-order valence-corrected chi connectivity index (χ3v) is 4.36. The number of nitrogens with zero attached hydrogens (tertiary/aromatic N) is 5. The SMILES string of the molecule is Brc1ccc(N2CCN(CCCc3nn[nH]n3)CC2)cc1. The van der Waals surface area contributed by atoms with Crippen LogP contribution in [0.1, 0.15) is 12.2 Å². The van der Waals surface area contributed by atoms with Gasteiger partial charge in [0.15, 0.2) is 5.82 Å².